The van der Waals surface area contributed by atoms with E-state index < -0.39 is 0 Å². The molecular weight excluding hydrogens is 376 g/mol. The Morgan fingerprint density at radius 1 is 1.25 bits per heavy atom. The van der Waals surface area contributed by atoms with Crippen LogP contribution in [0.3, 0.4) is 0 Å². The summed E-state index contributed by atoms with van der Waals surface area (Å²) < 4.78 is 3.28. The summed E-state index contributed by atoms with van der Waals surface area (Å²) in [6.07, 6.45) is 1.86. The Labute approximate surface area is 167 Å². The lowest BCUT2D eigenvalue weighted by molar-refractivity contribution is -0.113. The molecule has 1 amide bonds. The van der Waals surface area contributed by atoms with Crippen LogP contribution in [0.25, 0.3) is 5.69 Å². The van der Waals surface area contributed by atoms with E-state index in [-0.39, 0.29) is 17.3 Å². The van der Waals surface area contributed by atoms with Gasteiger partial charge in [0.25, 0.3) is 0 Å². The SMILES string of the molecule is CCCCn1c(SCC(=O)Nc2cc(C)nn2-c2ccc(C)cc2)n[nH]c1=O. The zero-order chi connectivity index (χ0) is 20.1. The Morgan fingerprint density at radius 3 is 2.71 bits per heavy atom. The van der Waals surface area contributed by atoms with Crippen LogP contribution in [0, 0.1) is 13.8 Å². The molecule has 0 aliphatic heterocycles. The normalized spacial score (nSPS) is 11.0. The van der Waals surface area contributed by atoms with E-state index in [2.05, 4.69) is 27.5 Å². The third-order valence-electron chi connectivity index (χ3n) is 4.17. The van der Waals surface area contributed by atoms with Crippen LogP contribution in [-0.4, -0.2) is 36.2 Å². The molecule has 0 spiro atoms. The van der Waals surface area contributed by atoms with Gasteiger partial charge in [-0.25, -0.2) is 14.6 Å². The maximum absolute atomic E-state index is 12.5. The number of hydrogen-bond acceptors (Lipinski definition) is 5. The van der Waals surface area contributed by atoms with Crippen molar-refractivity contribution in [3.05, 3.63) is 52.1 Å². The molecule has 0 aliphatic carbocycles. The molecule has 0 atom stereocenters. The van der Waals surface area contributed by atoms with Crippen LogP contribution in [0.5, 0.6) is 0 Å². The number of carbonyl (C=O) groups excluding carboxylic acids is 1. The topological polar surface area (TPSA) is 97.6 Å². The minimum atomic E-state index is -0.246. The fourth-order valence-corrected chi connectivity index (χ4v) is 3.48. The Hall–Kier alpha value is -2.81. The predicted molar refractivity (Wildman–Crippen MR) is 110 cm³/mol. The molecule has 0 unspecified atom stereocenters. The number of unbranched alkanes of at least 4 members (excludes halogenated alkanes) is 1. The second-order valence-corrected chi connectivity index (χ2v) is 7.51. The zero-order valence-corrected chi connectivity index (χ0v) is 17.0. The van der Waals surface area contributed by atoms with Crippen molar-refractivity contribution >= 4 is 23.5 Å². The van der Waals surface area contributed by atoms with Gasteiger partial charge in [-0.1, -0.05) is 42.8 Å². The number of anilines is 1. The first-order valence-electron chi connectivity index (χ1n) is 9.19. The van der Waals surface area contributed by atoms with Gasteiger partial charge in [0.1, 0.15) is 5.82 Å². The van der Waals surface area contributed by atoms with Gasteiger partial charge in [0.05, 0.1) is 17.1 Å². The van der Waals surface area contributed by atoms with Gasteiger partial charge in [0.15, 0.2) is 5.16 Å². The number of benzene rings is 1. The van der Waals surface area contributed by atoms with Crippen molar-refractivity contribution in [2.45, 2.75) is 45.3 Å². The fraction of sp³-hybridized carbons (Fsp3) is 0.368. The highest BCUT2D eigenvalue weighted by atomic mass is 32.2. The van der Waals surface area contributed by atoms with E-state index in [4.69, 9.17) is 0 Å². The number of hydrogen-bond donors (Lipinski definition) is 2. The van der Waals surface area contributed by atoms with Gasteiger partial charge in [0, 0.05) is 12.6 Å². The van der Waals surface area contributed by atoms with Crippen molar-refractivity contribution in [1.82, 2.24) is 24.5 Å². The molecule has 2 aromatic heterocycles. The van der Waals surface area contributed by atoms with Gasteiger partial charge in [-0.3, -0.25) is 9.36 Å². The Morgan fingerprint density at radius 2 is 2.00 bits per heavy atom. The largest absolute Gasteiger partial charge is 0.343 e. The monoisotopic (exact) mass is 400 g/mol. The Kier molecular flexibility index (Phi) is 6.35. The minimum Gasteiger partial charge on any atom is -0.310 e. The lowest BCUT2D eigenvalue weighted by Crippen LogP contribution is -2.19. The first-order valence-corrected chi connectivity index (χ1v) is 10.2. The number of carbonyl (C=O) groups is 1. The van der Waals surface area contributed by atoms with E-state index in [0.29, 0.717) is 17.5 Å². The summed E-state index contributed by atoms with van der Waals surface area (Å²) in [5.74, 6) is 0.572. The molecule has 2 heterocycles. The van der Waals surface area contributed by atoms with Crippen LogP contribution in [0.2, 0.25) is 0 Å². The maximum Gasteiger partial charge on any atom is 0.343 e. The van der Waals surface area contributed by atoms with Gasteiger partial charge in [-0.05, 0) is 32.4 Å². The summed E-state index contributed by atoms with van der Waals surface area (Å²) in [4.78, 5) is 24.3. The highest BCUT2D eigenvalue weighted by Crippen LogP contribution is 2.19. The number of amides is 1. The average molecular weight is 401 g/mol. The van der Waals surface area contributed by atoms with Crippen molar-refractivity contribution in [3.63, 3.8) is 0 Å². The number of aromatic amines is 1. The molecule has 1 aromatic carbocycles. The standard InChI is InChI=1S/C19H24N6O2S/c1-4-5-10-24-18(27)21-22-19(24)28-12-17(26)20-16-11-14(3)23-25(16)15-8-6-13(2)7-9-15/h6-9,11H,4-5,10,12H2,1-3H3,(H,20,26)(H,21,27). The molecule has 0 aliphatic rings. The van der Waals surface area contributed by atoms with E-state index in [1.54, 1.807) is 9.25 Å². The maximum atomic E-state index is 12.5. The summed E-state index contributed by atoms with van der Waals surface area (Å²) in [5.41, 5.74) is 2.60. The molecule has 9 heteroatoms. The number of nitrogens with zero attached hydrogens (tertiary/aromatic N) is 4. The number of aromatic nitrogens is 5. The number of thioether (sulfide) groups is 1. The van der Waals surface area contributed by atoms with Crippen LogP contribution in [0.1, 0.15) is 31.0 Å². The van der Waals surface area contributed by atoms with Gasteiger partial charge in [-0.15, -0.1) is 5.10 Å². The Bertz CT molecular complexity index is 1000. The van der Waals surface area contributed by atoms with E-state index in [0.717, 1.165) is 29.8 Å². The van der Waals surface area contributed by atoms with Gasteiger partial charge < -0.3 is 5.32 Å². The smallest absolute Gasteiger partial charge is 0.310 e. The molecule has 28 heavy (non-hydrogen) atoms. The molecule has 0 bridgehead atoms. The lowest BCUT2D eigenvalue weighted by atomic mass is 10.2. The lowest BCUT2D eigenvalue weighted by Gasteiger charge is -2.09. The molecule has 2 N–H and O–H groups in total. The summed E-state index contributed by atoms with van der Waals surface area (Å²) >= 11 is 1.23. The highest BCUT2D eigenvalue weighted by molar-refractivity contribution is 7.99. The Balaban J connectivity index is 1.68. The fourth-order valence-electron chi connectivity index (χ4n) is 2.71. The van der Waals surface area contributed by atoms with Crippen LogP contribution in [0.4, 0.5) is 5.82 Å². The predicted octanol–water partition coefficient (Wildman–Crippen LogP) is 2.90. The number of rotatable bonds is 8. The van der Waals surface area contributed by atoms with Crippen molar-refractivity contribution in [1.29, 1.82) is 0 Å². The van der Waals surface area contributed by atoms with E-state index in [1.807, 2.05) is 44.2 Å². The zero-order valence-electron chi connectivity index (χ0n) is 16.2. The number of aryl methyl sites for hydroxylation is 2. The van der Waals surface area contributed by atoms with Crippen molar-refractivity contribution < 1.29 is 4.79 Å². The average Bonchev–Trinajstić information content (AvgIpc) is 3.21. The first-order chi connectivity index (χ1) is 13.5. The number of H-pyrrole nitrogens is 1. The van der Waals surface area contributed by atoms with E-state index in [9.17, 15) is 9.59 Å². The molecule has 0 fully saturated rings. The van der Waals surface area contributed by atoms with Crippen LogP contribution >= 0.6 is 11.8 Å². The summed E-state index contributed by atoms with van der Waals surface area (Å²) in [6.45, 7) is 6.55. The molecule has 0 radical (unpaired) electrons. The van der Waals surface area contributed by atoms with Crippen LogP contribution in [-0.2, 0) is 11.3 Å². The third-order valence-corrected chi connectivity index (χ3v) is 5.14. The van der Waals surface area contributed by atoms with Crippen molar-refractivity contribution in [2.24, 2.45) is 0 Å². The molecule has 8 nitrogen and oxygen atoms in total. The minimum absolute atomic E-state index is 0.147. The molecule has 0 saturated carbocycles. The van der Waals surface area contributed by atoms with Crippen LogP contribution in [0.15, 0.2) is 40.3 Å². The van der Waals surface area contributed by atoms with E-state index >= 15 is 0 Å². The quantitative estimate of drug-likeness (QED) is 0.567. The van der Waals surface area contributed by atoms with Gasteiger partial charge in [0.2, 0.25) is 5.91 Å². The second-order valence-electron chi connectivity index (χ2n) is 6.57. The summed E-state index contributed by atoms with van der Waals surface area (Å²) in [7, 11) is 0. The molecule has 3 rings (SSSR count). The van der Waals surface area contributed by atoms with Gasteiger partial charge in [-0.2, -0.15) is 5.10 Å². The molecule has 3 aromatic rings. The van der Waals surface area contributed by atoms with Crippen molar-refractivity contribution in [2.75, 3.05) is 11.1 Å². The number of nitrogens with one attached hydrogen (secondary N) is 2. The highest BCUT2D eigenvalue weighted by Gasteiger charge is 2.14. The second kappa shape index (κ2) is 8.92. The molecule has 0 saturated heterocycles. The summed E-state index contributed by atoms with van der Waals surface area (Å²) in [5, 5.41) is 14.4. The van der Waals surface area contributed by atoms with Gasteiger partial charge >= 0.3 is 5.69 Å². The first kappa shape index (κ1) is 19.9. The third kappa shape index (κ3) is 4.72. The molecule has 148 valence electrons. The molecular formula is C19H24N6O2S. The van der Waals surface area contributed by atoms with E-state index in [1.165, 1.54) is 11.8 Å². The van der Waals surface area contributed by atoms with Crippen molar-refractivity contribution in [3.8, 4) is 5.69 Å². The summed E-state index contributed by atoms with van der Waals surface area (Å²) in [6, 6.07) is 9.75. The van der Waals surface area contributed by atoms with Crippen LogP contribution < -0.4 is 11.0 Å².